The van der Waals surface area contributed by atoms with Crippen LogP contribution in [0.5, 0.6) is 0 Å². The number of carbonyl (C=O) groups is 1. The van der Waals surface area contributed by atoms with E-state index >= 15 is 0 Å². The van der Waals surface area contributed by atoms with Gasteiger partial charge in [0, 0.05) is 12.2 Å². The van der Waals surface area contributed by atoms with Crippen LogP contribution in [0.25, 0.3) is 0 Å². The summed E-state index contributed by atoms with van der Waals surface area (Å²) in [7, 11) is -3.69. The number of hydrogen-bond donors (Lipinski definition) is 1. The average Bonchev–Trinajstić information content (AvgIpc) is 2.66. The smallest absolute Gasteiger partial charge is 0.325 e. The lowest BCUT2D eigenvalue weighted by molar-refractivity contribution is -0.137. The van der Waals surface area contributed by atoms with E-state index in [1.54, 1.807) is 18.2 Å². The van der Waals surface area contributed by atoms with Gasteiger partial charge in [0.2, 0.25) is 15.9 Å². The first-order valence-electron chi connectivity index (χ1n) is 8.66. The van der Waals surface area contributed by atoms with E-state index < -0.39 is 33.7 Å². The van der Waals surface area contributed by atoms with E-state index in [2.05, 4.69) is 5.32 Å². The molecule has 1 N–H and O–H groups in total. The molecule has 0 bridgehead atoms. The highest BCUT2D eigenvalue weighted by Gasteiger charge is 2.38. The molecular formula is C19H19F3N2O3S. The van der Waals surface area contributed by atoms with Crippen molar-refractivity contribution >= 4 is 21.6 Å². The lowest BCUT2D eigenvalue weighted by atomic mass is 9.95. The number of alkyl halides is 3. The highest BCUT2D eigenvalue weighted by atomic mass is 32.2. The molecule has 0 fully saturated rings. The third-order valence-corrected chi connectivity index (χ3v) is 6.52. The molecule has 3 rings (SSSR count). The summed E-state index contributed by atoms with van der Waals surface area (Å²) in [5.41, 5.74) is 0.724. The number of hydrogen-bond acceptors (Lipinski definition) is 3. The highest BCUT2D eigenvalue weighted by molar-refractivity contribution is 7.89. The lowest BCUT2D eigenvalue weighted by Crippen LogP contribution is -2.51. The van der Waals surface area contributed by atoms with Crippen molar-refractivity contribution in [1.82, 2.24) is 4.31 Å². The fraction of sp³-hybridized carbons (Fsp3) is 0.316. The maximum Gasteiger partial charge on any atom is 0.416 e. The number of nitrogens with one attached hydrogen (secondary N) is 1. The number of sulfonamides is 1. The van der Waals surface area contributed by atoms with Gasteiger partial charge in [-0.05, 0) is 42.7 Å². The van der Waals surface area contributed by atoms with E-state index in [1.807, 2.05) is 6.07 Å². The van der Waals surface area contributed by atoms with Gasteiger partial charge in [0.25, 0.3) is 0 Å². The molecule has 0 radical (unpaired) electrons. The van der Waals surface area contributed by atoms with Crippen LogP contribution >= 0.6 is 0 Å². The Bertz CT molecular complexity index is 990. The Kier molecular flexibility index (Phi) is 5.49. The van der Waals surface area contributed by atoms with Gasteiger partial charge in [-0.2, -0.15) is 17.5 Å². The Balaban J connectivity index is 1.90. The molecule has 1 heterocycles. The van der Waals surface area contributed by atoms with Crippen LogP contribution in [-0.4, -0.2) is 30.4 Å². The number of benzene rings is 2. The summed E-state index contributed by atoms with van der Waals surface area (Å²) in [5.74, 6) is -0.839. The molecule has 0 unspecified atom stereocenters. The summed E-state index contributed by atoms with van der Waals surface area (Å²) in [4.78, 5) is 12.8. The number of rotatable bonds is 4. The predicted molar refractivity (Wildman–Crippen MR) is 99.0 cm³/mol. The van der Waals surface area contributed by atoms with Gasteiger partial charge in [-0.25, -0.2) is 8.42 Å². The SMILES string of the molecule is CCS(=O)(=O)N1Cc2ccccc2C[C@@H]1C(=O)Nc1cccc(C(F)(F)F)c1. The second kappa shape index (κ2) is 7.56. The van der Waals surface area contributed by atoms with Crippen molar-refractivity contribution in [3.8, 4) is 0 Å². The van der Waals surface area contributed by atoms with Crippen LogP contribution in [0.15, 0.2) is 48.5 Å². The van der Waals surface area contributed by atoms with E-state index in [1.165, 1.54) is 19.1 Å². The van der Waals surface area contributed by atoms with Crippen LogP contribution < -0.4 is 5.32 Å². The largest absolute Gasteiger partial charge is 0.416 e. The number of amides is 1. The van der Waals surface area contributed by atoms with Gasteiger partial charge in [-0.1, -0.05) is 30.3 Å². The van der Waals surface area contributed by atoms with Gasteiger partial charge in [0.05, 0.1) is 11.3 Å². The Hall–Kier alpha value is -2.39. The maximum atomic E-state index is 12.9. The minimum Gasteiger partial charge on any atom is -0.325 e. The molecule has 150 valence electrons. The van der Waals surface area contributed by atoms with Crippen molar-refractivity contribution in [2.75, 3.05) is 11.1 Å². The van der Waals surface area contributed by atoms with Gasteiger partial charge in [-0.15, -0.1) is 0 Å². The Morgan fingerprint density at radius 3 is 2.46 bits per heavy atom. The molecule has 1 aliphatic rings. The second-order valence-corrected chi connectivity index (χ2v) is 8.71. The van der Waals surface area contributed by atoms with Crippen LogP contribution in [0.2, 0.25) is 0 Å². The molecule has 0 saturated heterocycles. The van der Waals surface area contributed by atoms with Gasteiger partial charge in [-0.3, -0.25) is 4.79 Å². The van der Waals surface area contributed by atoms with Gasteiger partial charge in [0.1, 0.15) is 6.04 Å². The topological polar surface area (TPSA) is 66.5 Å². The third-order valence-electron chi connectivity index (χ3n) is 4.69. The number of nitrogens with zero attached hydrogens (tertiary/aromatic N) is 1. The van der Waals surface area contributed by atoms with E-state index in [4.69, 9.17) is 0 Å². The summed E-state index contributed by atoms with van der Waals surface area (Å²) in [6.45, 7) is 1.53. The first-order valence-corrected chi connectivity index (χ1v) is 10.3. The van der Waals surface area contributed by atoms with Gasteiger partial charge < -0.3 is 5.32 Å². The number of fused-ring (bicyclic) bond motifs is 1. The van der Waals surface area contributed by atoms with Gasteiger partial charge >= 0.3 is 6.18 Å². The summed E-state index contributed by atoms with van der Waals surface area (Å²) >= 11 is 0. The monoisotopic (exact) mass is 412 g/mol. The summed E-state index contributed by atoms with van der Waals surface area (Å²) in [5, 5.41) is 2.44. The molecule has 1 atom stereocenters. The summed E-state index contributed by atoms with van der Waals surface area (Å²) in [6, 6.07) is 10.4. The second-order valence-electron chi connectivity index (χ2n) is 6.50. The Morgan fingerprint density at radius 1 is 1.14 bits per heavy atom. The zero-order chi connectivity index (χ0) is 20.5. The molecular weight excluding hydrogens is 393 g/mol. The summed E-state index contributed by atoms with van der Waals surface area (Å²) < 4.78 is 64.8. The normalized spacial score (nSPS) is 17.8. The maximum absolute atomic E-state index is 12.9. The number of halogens is 3. The lowest BCUT2D eigenvalue weighted by Gasteiger charge is -2.34. The third kappa shape index (κ3) is 4.20. The zero-order valence-electron chi connectivity index (χ0n) is 15.0. The van der Waals surface area contributed by atoms with E-state index in [9.17, 15) is 26.4 Å². The molecule has 28 heavy (non-hydrogen) atoms. The molecule has 9 heteroatoms. The molecule has 0 saturated carbocycles. The predicted octanol–water partition coefficient (Wildman–Crippen LogP) is 3.42. The fourth-order valence-electron chi connectivity index (χ4n) is 3.18. The molecule has 1 aliphatic heterocycles. The quantitative estimate of drug-likeness (QED) is 0.837. The van der Waals surface area contributed by atoms with Crippen LogP contribution in [0.4, 0.5) is 18.9 Å². The Labute approximate surface area is 161 Å². The molecule has 5 nitrogen and oxygen atoms in total. The van der Waals surface area contributed by atoms with E-state index in [0.717, 1.165) is 27.6 Å². The molecule has 2 aromatic rings. The minimum absolute atomic E-state index is 0.0347. The summed E-state index contributed by atoms with van der Waals surface area (Å²) in [6.07, 6.45) is -4.39. The van der Waals surface area contributed by atoms with E-state index in [-0.39, 0.29) is 24.4 Å². The number of carbonyl (C=O) groups excluding carboxylic acids is 1. The van der Waals surface area contributed by atoms with Crippen molar-refractivity contribution in [3.05, 3.63) is 65.2 Å². The first kappa shape index (κ1) is 20.3. The van der Waals surface area contributed by atoms with Crippen molar-refractivity contribution in [2.24, 2.45) is 0 Å². The average molecular weight is 412 g/mol. The van der Waals surface area contributed by atoms with E-state index in [0.29, 0.717) is 0 Å². The Morgan fingerprint density at radius 2 is 1.82 bits per heavy atom. The van der Waals surface area contributed by atoms with Crippen LogP contribution in [-0.2, 0) is 34.0 Å². The molecule has 2 aromatic carbocycles. The molecule has 1 amide bonds. The fourth-order valence-corrected chi connectivity index (χ4v) is 4.40. The first-order chi connectivity index (χ1) is 13.1. The number of anilines is 1. The zero-order valence-corrected chi connectivity index (χ0v) is 15.8. The molecule has 0 aromatic heterocycles. The van der Waals surface area contributed by atoms with Crippen LogP contribution in [0.3, 0.4) is 0 Å². The van der Waals surface area contributed by atoms with Crippen LogP contribution in [0.1, 0.15) is 23.6 Å². The minimum atomic E-state index is -4.54. The van der Waals surface area contributed by atoms with Gasteiger partial charge in [0.15, 0.2) is 0 Å². The van der Waals surface area contributed by atoms with Crippen LogP contribution in [0, 0.1) is 0 Å². The van der Waals surface area contributed by atoms with Crippen molar-refractivity contribution in [2.45, 2.75) is 32.1 Å². The van der Waals surface area contributed by atoms with Crippen molar-refractivity contribution in [3.63, 3.8) is 0 Å². The standard InChI is InChI=1S/C19H19F3N2O3S/c1-2-28(26,27)24-12-14-7-4-3-6-13(14)10-17(24)18(25)23-16-9-5-8-15(11-16)19(20,21)22/h3-9,11,17H,2,10,12H2,1H3,(H,23,25)/t17-/m1/s1. The molecule has 0 aliphatic carbocycles. The molecule has 0 spiro atoms. The van der Waals surface area contributed by atoms with Crippen molar-refractivity contribution < 1.29 is 26.4 Å². The van der Waals surface area contributed by atoms with Crippen molar-refractivity contribution in [1.29, 1.82) is 0 Å². The highest BCUT2D eigenvalue weighted by Crippen LogP contribution is 2.31.